The van der Waals surface area contributed by atoms with Gasteiger partial charge in [-0.05, 0) is 42.8 Å². The van der Waals surface area contributed by atoms with Crippen molar-refractivity contribution < 1.29 is 19.1 Å². The third-order valence-corrected chi connectivity index (χ3v) is 5.17. The van der Waals surface area contributed by atoms with Crippen LogP contribution in [-0.4, -0.2) is 32.1 Å². The second-order valence-corrected chi connectivity index (χ2v) is 6.95. The Labute approximate surface area is 176 Å². The van der Waals surface area contributed by atoms with Crippen LogP contribution in [0.4, 0.5) is 5.69 Å². The number of fused-ring (bicyclic) bond motifs is 1. The van der Waals surface area contributed by atoms with Gasteiger partial charge in [-0.3, -0.25) is 9.59 Å². The fourth-order valence-electron chi connectivity index (χ4n) is 2.77. The Morgan fingerprint density at radius 1 is 1.10 bits per heavy atom. The van der Waals surface area contributed by atoms with Crippen LogP contribution in [0.2, 0.25) is 0 Å². The number of methoxy groups -OCH3 is 1. The Morgan fingerprint density at radius 2 is 1.79 bits per heavy atom. The number of rotatable bonds is 6. The van der Waals surface area contributed by atoms with E-state index in [2.05, 4.69) is 0 Å². The Kier molecular flexibility index (Phi) is 8.80. The molecule has 0 saturated carbocycles. The SMILES string of the molecule is CC.CCOC(=O)CCN1C(=O)/C(=C/c2ccc(OC)cc2)Sc2ccccc21. The lowest BCUT2D eigenvalue weighted by Crippen LogP contribution is -2.36. The van der Waals surface area contributed by atoms with Gasteiger partial charge in [-0.25, -0.2) is 0 Å². The minimum absolute atomic E-state index is 0.112. The molecule has 1 aliphatic rings. The van der Waals surface area contributed by atoms with Gasteiger partial charge >= 0.3 is 5.97 Å². The summed E-state index contributed by atoms with van der Waals surface area (Å²) in [7, 11) is 1.62. The van der Waals surface area contributed by atoms with E-state index in [9.17, 15) is 9.59 Å². The maximum atomic E-state index is 13.0. The molecule has 0 aromatic heterocycles. The minimum atomic E-state index is -0.304. The summed E-state index contributed by atoms with van der Waals surface area (Å²) in [6.07, 6.45) is 2.02. The quantitative estimate of drug-likeness (QED) is 0.484. The Balaban J connectivity index is 0.00000145. The largest absolute Gasteiger partial charge is 0.497 e. The molecule has 6 heteroatoms. The average molecular weight is 414 g/mol. The number of amides is 1. The molecule has 2 aromatic carbocycles. The summed E-state index contributed by atoms with van der Waals surface area (Å²) in [4.78, 5) is 28.0. The van der Waals surface area contributed by atoms with Crippen molar-refractivity contribution in [3.05, 3.63) is 59.0 Å². The van der Waals surface area contributed by atoms with Gasteiger partial charge in [0.25, 0.3) is 5.91 Å². The predicted molar refractivity (Wildman–Crippen MR) is 118 cm³/mol. The van der Waals surface area contributed by atoms with Crippen molar-refractivity contribution in [2.75, 3.05) is 25.2 Å². The number of carbonyl (C=O) groups excluding carboxylic acids is 2. The molecule has 0 saturated heterocycles. The summed E-state index contributed by atoms with van der Waals surface area (Å²) >= 11 is 1.44. The van der Waals surface area contributed by atoms with Crippen LogP contribution < -0.4 is 9.64 Å². The molecule has 0 atom stereocenters. The molecule has 0 N–H and O–H groups in total. The maximum Gasteiger partial charge on any atom is 0.307 e. The standard InChI is InChI=1S/C21H21NO4S.C2H6/c1-3-26-20(23)12-13-22-17-6-4-5-7-18(17)27-19(21(22)24)14-15-8-10-16(25-2)11-9-15;1-2/h4-11,14H,3,12-13H2,1-2H3;1-2H3/b19-14-;. The minimum Gasteiger partial charge on any atom is -0.497 e. The fourth-order valence-corrected chi connectivity index (χ4v) is 3.83. The van der Waals surface area contributed by atoms with Crippen molar-refractivity contribution in [3.63, 3.8) is 0 Å². The molecule has 0 fully saturated rings. The van der Waals surface area contributed by atoms with E-state index in [1.54, 1.807) is 18.9 Å². The molecule has 0 bridgehead atoms. The number of benzene rings is 2. The summed E-state index contributed by atoms with van der Waals surface area (Å²) < 4.78 is 10.2. The van der Waals surface area contributed by atoms with Crippen molar-refractivity contribution in [3.8, 4) is 5.75 Å². The third-order valence-electron chi connectivity index (χ3n) is 4.09. The van der Waals surface area contributed by atoms with Crippen molar-refractivity contribution in [1.82, 2.24) is 0 Å². The zero-order valence-corrected chi connectivity index (χ0v) is 18.1. The molecule has 1 amide bonds. The number of thioether (sulfide) groups is 1. The van der Waals surface area contributed by atoms with E-state index in [0.29, 0.717) is 11.5 Å². The highest BCUT2D eigenvalue weighted by Crippen LogP contribution is 2.42. The summed E-state index contributed by atoms with van der Waals surface area (Å²) in [5.41, 5.74) is 1.74. The first-order valence-corrected chi connectivity index (χ1v) is 10.5. The van der Waals surface area contributed by atoms with Crippen LogP contribution in [0.5, 0.6) is 5.75 Å². The molecule has 2 aromatic rings. The van der Waals surface area contributed by atoms with E-state index in [1.165, 1.54) is 11.8 Å². The summed E-state index contributed by atoms with van der Waals surface area (Å²) in [5, 5.41) is 0. The van der Waals surface area contributed by atoms with Gasteiger partial charge in [0.1, 0.15) is 5.75 Å². The van der Waals surface area contributed by atoms with Gasteiger partial charge in [0.05, 0.1) is 30.7 Å². The summed E-state index contributed by atoms with van der Waals surface area (Å²) in [6.45, 7) is 6.39. The smallest absolute Gasteiger partial charge is 0.307 e. The summed E-state index contributed by atoms with van der Waals surface area (Å²) in [5.74, 6) is 0.349. The van der Waals surface area contributed by atoms with Crippen LogP contribution in [-0.2, 0) is 14.3 Å². The lowest BCUT2D eigenvalue weighted by Gasteiger charge is -2.30. The van der Waals surface area contributed by atoms with Gasteiger partial charge in [-0.15, -0.1) is 0 Å². The van der Waals surface area contributed by atoms with E-state index in [0.717, 1.165) is 21.9 Å². The molecule has 1 aliphatic heterocycles. The predicted octanol–water partition coefficient (Wildman–Crippen LogP) is 5.15. The van der Waals surface area contributed by atoms with E-state index < -0.39 is 0 Å². The van der Waals surface area contributed by atoms with Gasteiger partial charge in [-0.2, -0.15) is 0 Å². The molecule has 29 heavy (non-hydrogen) atoms. The van der Waals surface area contributed by atoms with Gasteiger partial charge in [-0.1, -0.05) is 49.9 Å². The first-order chi connectivity index (χ1) is 14.1. The number of hydrogen-bond acceptors (Lipinski definition) is 5. The first-order valence-electron chi connectivity index (χ1n) is 9.72. The second kappa shape index (κ2) is 11.3. The number of ether oxygens (including phenoxy) is 2. The van der Waals surface area contributed by atoms with Crippen LogP contribution >= 0.6 is 11.8 Å². The molecule has 0 aliphatic carbocycles. The summed E-state index contributed by atoms with van der Waals surface area (Å²) in [6, 6.07) is 15.2. The number of hydrogen-bond donors (Lipinski definition) is 0. The zero-order valence-electron chi connectivity index (χ0n) is 17.3. The Bertz CT molecular complexity index is 861. The normalized spacial score (nSPS) is 14.0. The topological polar surface area (TPSA) is 55.8 Å². The lowest BCUT2D eigenvalue weighted by molar-refractivity contribution is -0.142. The van der Waals surface area contributed by atoms with Crippen molar-refractivity contribution >= 4 is 35.4 Å². The Morgan fingerprint density at radius 3 is 2.45 bits per heavy atom. The number of carbonyl (C=O) groups is 2. The van der Waals surface area contributed by atoms with E-state index in [-0.39, 0.29) is 24.8 Å². The van der Waals surface area contributed by atoms with Gasteiger partial charge in [0.15, 0.2) is 0 Å². The van der Waals surface area contributed by atoms with Gasteiger partial charge in [0, 0.05) is 11.4 Å². The van der Waals surface area contributed by atoms with Crippen molar-refractivity contribution in [2.45, 2.75) is 32.1 Å². The van der Waals surface area contributed by atoms with E-state index in [1.807, 2.05) is 68.5 Å². The molecule has 3 rings (SSSR count). The number of nitrogens with zero attached hydrogens (tertiary/aromatic N) is 1. The average Bonchev–Trinajstić information content (AvgIpc) is 2.76. The molecular formula is C23H27NO4S. The molecule has 0 radical (unpaired) electrons. The highest BCUT2D eigenvalue weighted by molar-refractivity contribution is 8.04. The van der Waals surface area contributed by atoms with E-state index in [4.69, 9.17) is 9.47 Å². The highest BCUT2D eigenvalue weighted by atomic mass is 32.2. The van der Waals surface area contributed by atoms with Crippen LogP contribution in [0.15, 0.2) is 58.3 Å². The molecule has 154 valence electrons. The van der Waals surface area contributed by atoms with Crippen LogP contribution in [0.3, 0.4) is 0 Å². The van der Waals surface area contributed by atoms with Crippen molar-refractivity contribution in [1.29, 1.82) is 0 Å². The molecular weight excluding hydrogens is 386 g/mol. The van der Waals surface area contributed by atoms with Gasteiger partial charge in [0.2, 0.25) is 0 Å². The third kappa shape index (κ3) is 5.87. The maximum absolute atomic E-state index is 13.0. The fraction of sp³-hybridized carbons (Fsp3) is 0.304. The molecule has 0 unspecified atom stereocenters. The number of anilines is 1. The molecule has 1 heterocycles. The van der Waals surface area contributed by atoms with Crippen molar-refractivity contribution in [2.24, 2.45) is 0 Å². The number of esters is 1. The molecule has 0 spiro atoms. The zero-order chi connectivity index (χ0) is 21.2. The van der Waals surface area contributed by atoms with E-state index >= 15 is 0 Å². The van der Waals surface area contributed by atoms with Crippen LogP contribution in [0.25, 0.3) is 6.08 Å². The first kappa shape index (κ1) is 22.6. The monoisotopic (exact) mass is 413 g/mol. The Hall–Kier alpha value is -2.73. The molecule has 5 nitrogen and oxygen atoms in total. The van der Waals surface area contributed by atoms with Crippen LogP contribution in [0, 0.1) is 0 Å². The highest BCUT2D eigenvalue weighted by Gasteiger charge is 2.29. The second-order valence-electron chi connectivity index (χ2n) is 5.86. The van der Waals surface area contributed by atoms with Gasteiger partial charge < -0.3 is 14.4 Å². The lowest BCUT2D eigenvalue weighted by atomic mass is 10.2. The van der Waals surface area contributed by atoms with Crippen LogP contribution in [0.1, 0.15) is 32.8 Å². The number of para-hydroxylation sites is 1.